The summed E-state index contributed by atoms with van der Waals surface area (Å²) in [7, 11) is 0. The van der Waals surface area contributed by atoms with Crippen molar-refractivity contribution in [2.24, 2.45) is 10.2 Å². The van der Waals surface area contributed by atoms with Crippen LogP contribution in [0.3, 0.4) is 0 Å². The predicted molar refractivity (Wildman–Crippen MR) is 75.4 cm³/mol. The van der Waals surface area contributed by atoms with Gasteiger partial charge >= 0.3 is 12.5 Å². The molecular formula is C14H10F3N3O3. The van der Waals surface area contributed by atoms with Gasteiger partial charge in [0.05, 0.1) is 11.4 Å². The Morgan fingerprint density at radius 3 is 1.87 bits per heavy atom. The second-order valence-corrected chi connectivity index (χ2v) is 4.22. The minimum atomic E-state index is -4.74. The van der Waals surface area contributed by atoms with E-state index < -0.39 is 12.5 Å². The maximum atomic E-state index is 12.0. The summed E-state index contributed by atoms with van der Waals surface area (Å²) < 4.78 is 39.8. The van der Waals surface area contributed by atoms with Gasteiger partial charge in [0.1, 0.15) is 5.75 Å². The van der Waals surface area contributed by atoms with Crippen molar-refractivity contribution in [3.05, 3.63) is 48.5 Å². The van der Waals surface area contributed by atoms with Gasteiger partial charge in [0.15, 0.2) is 0 Å². The fourth-order valence-corrected chi connectivity index (χ4v) is 1.56. The van der Waals surface area contributed by atoms with Crippen molar-refractivity contribution < 1.29 is 27.8 Å². The average Bonchev–Trinajstić information content (AvgIpc) is 2.46. The molecule has 0 aliphatic carbocycles. The van der Waals surface area contributed by atoms with E-state index in [2.05, 4.69) is 20.3 Å². The van der Waals surface area contributed by atoms with Crippen molar-refractivity contribution in [3.8, 4) is 5.75 Å². The highest BCUT2D eigenvalue weighted by Gasteiger charge is 2.30. The molecule has 0 aliphatic heterocycles. The van der Waals surface area contributed by atoms with Gasteiger partial charge in [-0.15, -0.1) is 13.2 Å². The van der Waals surface area contributed by atoms with E-state index in [1.807, 2.05) is 0 Å². The summed E-state index contributed by atoms with van der Waals surface area (Å²) in [6.07, 6.45) is -5.92. The van der Waals surface area contributed by atoms with Gasteiger partial charge in [0.2, 0.25) is 0 Å². The van der Waals surface area contributed by atoms with Gasteiger partial charge in [-0.2, -0.15) is 10.2 Å². The van der Waals surface area contributed by atoms with Crippen LogP contribution in [0.15, 0.2) is 58.8 Å². The average molecular weight is 325 g/mol. The fraction of sp³-hybridized carbons (Fsp3) is 0.0714. The predicted octanol–water partition coefficient (Wildman–Crippen LogP) is 5.09. The first-order valence-electron chi connectivity index (χ1n) is 6.19. The molecule has 0 aromatic heterocycles. The van der Waals surface area contributed by atoms with Crippen LogP contribution < -0.4 is 10.1 Å². The molecule has 1 amide bonds. The number of benzene rings is 2. The molecule has 0 spiro atoms. The Bertz CT molecular complexity index is 698. The summed E-state index contributed by atoms with van der Waals surface area (Å²) in [5, 5.41) is 18.5. The van der Waals surface area contributed by atoms with Gasteiger partial charge in [-0.25, -0.2) is 4.79 Å². The molecule has 0 bridgehead atoms. The number of halogens is 3. The van der Waals surface area contributed by atoms with E-state index in [4.69, 9.17) is 5.11 Å². The van der Waals surface area contributed by atoms with Crippen LogP contribution in [0.5, 0.6) is 5.75 Å². The van der Waals surface area contributed by atoms with Crippen LogP contribution in [0, 0.1) is 0 Å². The Balaban J connectivity index is 2.01. The lowest BCUT2D eigenvalue weighted by Crippen LogP contribution is -2.16. The number of anilines is 1. The fourth-order valence-electron chi connectivity index (χ4n) is 1.56. The van der Waals surface area contributed by atoms with Gasteiger partial charge in [-0.3, -0.25) is 5.32 Å². The molecule has 2 N–H and O–H groups in total. The molecule has 0 atom stereocenters. The van der Waals surface area contributed by atoms with Gasteiger partial charge < -0.3 is 9.84 Å². The molecular weight excluding hydrogens is 315 g/mol. The van der Waals surface area contributed by atoms with E-state index >= 15 is 0 Å². The molecule has 0 saturated heterocycles. The maximum absolute atomic E-state index is 12.0. The lowest BCUT2D eigenvalue weighted by Gasteiger charge is -2.08. The van der Waals surface area contributed by atoms with Crippen LogP contribution in [0.25, 0.3) is 0 Å². The van der Waals surface area contributed by atoms with Crippen LogP contribution in [-0.2, 0) is 0 Å². The SMILES string of the molecule is O=C(O)Nc1ccc(/N=N/c2ccc(OC(F)(F)F)cc2)cc1. The molecule has 2 aromatic rings. The molecule has 9 heteroatoms. The molecule has 0 aliphatic rings. The molecule has 6 nitrogen and oxygen atoms in total. The van der Waals surface area contributed by atoms with Crippen LogP contribution >= 0.6 is 0 Å². The highest BCUT2D eigenvalue weighted by atomic mass is 19.4. The number of carbonyl (C=O) groups is 1. The molecule has 120 valence electrons. The van der Waals surface area contributed by atoms with E-state index in [0.29, 0.717) is 17.1 Å². The second-order valence-electron chi connectivity index (χ2n) is 4.22. The van der Waals surface area contributed by atoms with Crippen molar-refractivity contribution >= 4 is 23.2 Å². The van der Waals surface area contributed by atoms with Crippen molar-refractivity contribution in [2.45, 2.75) is 6.36 Å². The van der Waals surface area contributed by atoms with E-state index in [9.17, 15) is 18.0 Å². The largest absolute Gasteiger partial charge is 0.573 e. The zero-order chi connectivity index (χ0) is 16.9. The molecule has 0 unspecified atom stereocenters. The zero-order valence-corrected chi connectivity index (χ0v) is 11.4. The van der Waals surface area contributed by atoms with Crippen molar-refractivity contribution in [2.75, 3.05) is 5.32 Å². The number of alkyl halides is 3. The highest BCUT2D eigenvalue weighted by molar-refractivity contribution is 5.82. The van der Waals surface area contributed by atoms with E-state index in [-0.39, 0.29) is 5.75 Å². The third kappa shape index (κ3) is 5.65. The Hall–Kier alpha value is -3.10. The van der Waals surface area contributed by atoms with Gasteiger partial charge in [-0.05, 0) is 48.5 Å². The summed E-state index contributed by atoms with van der Waals surface area (Å²) >= 11 is 0. The minimum Gasteiger partial charge on any atom is -0.465 e. The first-order chi connectivity index (χ1) is 10.8. The van der Waals surface area contributed by atoms with Crippen molar-refractivity contribution in [3.63, 3.8) is 0 Å². The van der Waals surface area contributed by atoms with Crippen molar-refractivity contribution in [1.82, 2.24) is 0 Å². The monoisotopic (exact) mass is 325 g/mol. The standard InChI is InChI=1S/C14H10F3N3O3/c15-14(16,17)23-12-7-5-11(6-8-12)20-19-10-3-1-9(2-4-10)18-13(21)22/h1-8,18H,(H,21,22)/b20-19+. The Morgan fingerprint density at radius 2 is 1.43 bits per heavy atom. The Kier molecular flexibility index (Phi) is 4.79. The quantitative estimate of drug-likeness (QED) is 0.768. The lowest BCUT2D eigenvalue weighted by molar-refractivity contribution is -0.274. The van der Waals surface area contributed by atoms with Crippen LogP contribution in [-0.4, -0.2) is 17.6 Å². The van der Waals surface area contributed by atoms with E-state index in [1.54, 1.807) is 0 Å². The van der Waals surface area contributed by atoms with Gasteiger partial charge in [-0.1, -0.05) is 0 Å². The molecule has 23 heavy (non-hydrogen) atoms. The van der Waals surface area contributed by atoms with Gasteiger partial charge in [0.25, 0.3) is 0 Å². The number of azo groups is 1. The molecule has 0 heterocycles. The number of ether oxygens (including phenoxy) is 1. The van der Waals surface area contributed by atoms with Crippen LogP contribution in [0.2, 0.25) is 0 Å². The molecule has 0 saturated carbocycles. The number of nitrogens with one attached hydrogen (secondary N) is 1. The number of amides is 1. The third-order valence-corrected chi connectivity index (χ3v) is 2.47. The van der Waals surface area contributed by atoms with E-state index in [0.717, 1.165) is 12.1 Å². The second kappa shape index (κ2) is 6.77. The molecule has 2 aromatic carbocycles. The number of hydrogen-bond donors (Lipinski definition) is 2. The molecule has 0 fully saturated rings. The third-order valence-electron chi connectivity index (χ3n) is 2.47. The van der Waals surface area contributed by atoms with Crippen LogP contribution in [0.4, 0.5) is 35.0 Å². The smallest absolute Gasteiger partial charge is 0.465 e. The maximum Gasteiger partial charge on any atom is 0.573 e. The number of rotatable bonds is 4. The van der Waals surface area contributed by atoms with Crippen LogP contribution in [0.1, 0.15) is 0 Å². The Morgan fingerprint density at radius 1 is 0.957 bits per heavy atom. The van der Waals surface area contributed by atoms with Gasteiger partial charge in [0, 0.05) is 5.69 Å². The normalized spacial score (nSPS) is 11.4. The summed E-state index contributed by atoms with van der Waals surface area (Å²) in [6.45, 7) is 0. The Labute approximate surface area is 128 Å². The summed E-state index contributed by atoms with van der Waals surface area (Å²) in [5.74, 6) is -0.347. The highest BCUT2D eigenvalue weighted by Crippen LogP contribution is 2.26. The van der Waals surface area contributed by atoms with E-state index in [1.165, 1.54) is 36.4 Å². The molecule has 0 radical (unpaired) electrons. The summed E-state index contributed by atoms with van der Waals surface area (Å²) in [4.78, 5) is 10.4. The van der Waals surface area contributed by atoms with Crippen molar-refractivity contribution in [1.29, 1.82) is 0 Å². The summed E-state index contributed by atoms with van der Waals surface area (Å²) in [5.41, 5.74) is 1.17. The topological polar surface area (TPSA) is 83.3 Å². The summed E-state index contributed by atoms with van der Waals surface area (Å²) in [6, 6.07) is 11.0. The zero-order valence-electron chi connectivity index (χ0n) is 11.4. The first-order valence-corrected chi connectivity index (χ1v) is 6.19. The number of hydrogen-bond acceptors (Lipinski definition) is 4. The first kappa shape index (κ1) is 16.3. The molecule has 2 rings (SSSR count). The number of carboxylic acid groups (broad SMARTS) is 1. The number of nitrogens with zero attached hydrogens (tertiary/aromatic N) is 2. The minimum absolute atomic E-state index is 0.340. The lowest BCUT2D eigenvalue weighted by atomic mass is 10.3.